The molecule has 2 nitrogen and oxygen atoms in total. The Hall–Kier alpha value is -0.570. The zero-order chi connectivity index (χ0) is 7.40. The highest BCUT2D eigenvalue weighted by Gasteiger charge is 2.05. The number of hydrogen-bond donors (Lipinski definition) is 0. The molecule has 1 heterocycles. The Labute approximate surface area is 67.3 Å². The van der Waals surface area contributed by atoms with Crippen LogP contribution in [-0.4, -0.2) is 11.1 Å². The number of carbonyl (C=O) groups excluding carboxylic acids is 1. The predicted molar refractivity (Wildman–Crippen MR) is 41.4 cm³/mol. The average Bonchev–Trinajstić information content (AvgIpc) is 2.38. The summed E-state index contributed by atoms with van der Waals surface area (Å²) >= 11 is 3.17. The number of Topliss-reactive ketones (excluding diaryl/α,β-unsaturated/α-hetero) is 1. The zero-order valence-electron chi connectivity index (χ0n) is 5.34. The molecule has 54 valence electrons. The number of carbonyl (C=O) groups is 1. The minimum absolute atomic E-state index is 0.0434. The molecule has 0 amide bonds. The molecule has 10 heavy (non-hydrogen) atoms. The lowest BCUT2D eigenvalue weighted by atomic mass is 10.2. The summed E-state index contributed by atoms with van der Waals surface area (Å²) in [4.78, 5) is 11.0. The van der Waals surface area contributed by atoms with Crippen LogP contribution in [0.25, 0.3) is 0 Å². The van der Waals surface area contributed by atoms with E-state index < -0.39 is 0 Å². The van der Waals surface area contributed by atoms with Gasteiger partial charge in [-0.3, -0.25) is 4.79 Å². The Bertz CT molecular complexity index is 203. The largest absolute Gasteiger partial charge is 0.461 e. The Balaban J connectivity index is 2.59. The van der Waals surface area contributed by atoms with Crippen molar-refractivity contribution in [1.29, 1.82) is 0 Å². The molecule has 0 aliphatic heterocycles. The molecule has 0 aromatic carbocycles. The number of halogens is 1. The van der Waals surface area contributed by atoms with E-state index in [2.05, 4.69) is 15.9 Å². The van der Waals surface area contributed by atoms with Gasteiger partial charge >= 0.3 is 0 Å². The minimum Gasteiger partial charge on any atom is -0.461 e. The van der Waals surface area contributed by atoms with E-state index in [-0.39, 0.29) is 5.78 Å². The maximum absolute atomic E-state index is 11.0. The lowest BCUT2D eigenvalue weighted by Gasteiger charge is -1.89. The Kier molecular flexibility index (Phi) is 2.68. The first kappa shape index (κ1) is 7.54. The quantitative estimate of drug-likeness (QED) is 0.557. The normalized spacial score (nSPS) is 9.70. The van der Waals surface area contributed by atoms with Gasteiger partial charge in [-0.1, -0.05) is 15.9 Å². The monoisotopic (exact) mass is 202 g/mol. The van der Waals surface area contributed by atoms with E-state index >= 15 is 0 Å². The van der Waals surface area contributed by atoms with Gasteiger partial charge < -0.3 is 4.42 Å². The minimum atomic E-state index is 0.0434. The molecule has 3 heteroatoms. The second-order valence-electron chi connectivity index (χ2n) is 1.84. The molecular formula is C7H7BrO2. The third kappa shape index (κ3) is 1.70. The summed E-state index contributed by atoms with van der Waals surface area (Å²) in [5.74, 6) is 0.487. The summed E-state index contributed by atoms with van der Waals surface area (Å²) in [6.45, 7) is 0. The van der Waals surface area contributed by atoms with Crippen molar-refractivity contribution < 1.29 is 9.21 Å². The van der Waals surface area contributed by atoms with Crippen LogP contribution in [0.4, 0.5) is 0 Å². The van der Waals surface area contributed by atoms with Crippen LogP contribution in [0.15, 0.2) is 22.8 Å². The summed E-state index contributed by atoms with van der Waals surface area (Å²) in [5, 5.41) is 0.687. The van der Waals surface area contributed by atoms with Crippen molar-refractivity contribution in [2.45, 2.75) is 6.42 Å². The second kappa shape index (κ2) is 3.56. The van der Waals surface area contributed by atoms with Crippen molar-refractivity contribution in [1.82, 2.24) is 0 Å². The Morgan fingerprint density at radius 2 is 2.50 bits per heavy atom. The van der Waals surface area contributed by atoms with E-state index in [4.69, 9.17) is 4.42 Å². The molecule has 1 aromatic rings. The van der Waals surface area contributed by atoms with Gasteiger partial charge in [0.2, 0.25) is 0 Å². The lowest BCUT2D eigenvalue weighted by Crippen LogP contribution is -1.96. The van der Waals surface area contributed by atoms with Crippen LogP contribution in [-0.2, 0) is 0 Å². The Morgan fingerprint density at radius 1 is 1.70 bits per heavy atom. The van der Waals surface area contributed by atoms with Gasteiger partial charge in [0, 0.05) is 11.8 Å². The van der Waals surface area contributed by atoms with Crippen molar-refractivity contribution in [3.63, 3.8) is 0 Å². The maximum Gasteiger partial charge on any atom is 0.198 e. The molecule has 0 aliphatic carbocycles. The van der Waals surface area contributed by atoms with Crippen LogP contribution in [0.2, 0.25) is 0 Å². The molecule has 0 bridgehead atoms. The highest BCUT2D eigenvalue weighted by atomic mass is 79.9. The van der Waals surface area contributed by atoms with Crippen molar-refractivity contribution >= 4 is 21.7 Å². The van der Waals surface area contributed by atoms with Gasteiger partial charge in [0.25, 0.3) is 0 Å². The molecule has 1 rings (SSSR count). The molecule has 1 aromatic heterocycles. The van der Waals surface area contributed by atoms with Crippen LogP contribution in [0, 0.1) is 0 Å². The molecule has 0 unspecified atom stereocenters. The molecule has 0 spiro atoms. The van der Waals surface area contributed by atoms with Crippen molar-refractivity contribution in [2.24, 2.45) is 0 Å². The van der Waals surface area contributed by atoms with Gasteiger partial charge in [0.15, 0.2) is 11.5 Å². The number of alkyl halides is 1. The first-order chi connectivity index (χ1) is 4.84. The second-order valence-corrected chi connectivity index (χ2v) is 2.63. The zero-order valence-corrected chi connectivity index (χ0v) is 6.93. The van der Waals surface area contributed by atoms with E-state index in [1.807, 2.05) is 0 Å². The summed E-state index contributed by atoms with van der Waals surface area (Å²) < 4.78 is 4.88. The third-order valence-electron chi connectivity index (χ3n) is 1.12. The van der Waals surface area contributed by atoms with Crippen molar-refractivity contribution in [3.05, 3.63) is 24.2 Å². The molecular weight excluding hydrogens is 196 g/mol. The summed E-state index contributed by atoms with van der Waals surface area (Å²) in [7, 11) is 0. The molecule has 0 atom stereocenters. The number of rotatable bonds is 3. The first-order valence-corrected chi connectivity index (χ1v) is 4.09. The van der Waals surface area contributed by atoms with Gasteiger partial charge in [-0.2, -0.15) is 0 Å². The van der Waals surface area contributed by atoms with Gasteiger partial charge in [-0.05, 0) is 12.1 Å². The van der Waals surface area contributed by atoms with Crippen LogP contribution in [0.3, 0.4) is 0 Å². The van der Waals surface area contributed by atoms with E-state index in [9.17, 15) is 4.79 Å². The van der Waals surface area contributed by atoms with Crippen molar-refractivity contribution in [2.75, 3.05) is 5.33 Å². The third-order valence-corrected chi connectivity index (χ3v) is 1.51. The van der Waals surface area contributed by atoms with E-state index in [1.54, 1.807) is 12.1 Å². The van der Waals surface area contributed by atoms with Crippen LogP contribution >= 0.6 is 15.9 Å². The molecule has 0 fully saturated rings. The predicted octanol–water partition coefficient (Wildman–Crippen LogP) is 2.25. The van der Waals surface area contributed by atoms with Gasteiger partial charge in [0.05, 0.1) is 6.26 Å². The molecule has 0 saturated heterocycles. The topological polar surface area (TPSA) is 30.2 Å². The van der Waals surface area contributed by atoms with Gasteiger partial charge in [-0.15, -0.1) is 0 Å². The number of hydrogen-bond acceptors (Lipinski definition) is 2. The van der Waals surface area contributed by atoms with Crippen LogP contribution < -0.4 is 0 Å². The molecule has 0 aliphatic rings. The maximum atomic E-state index is 11.0. The lowest BCUT2D eigenvalue weighted by molar-refractivity contribution is 0.0963. The van der Waals surface area contributed by atoms with E-state index in [0.717, 1.165) is 0 Å². The average molecular weight is 203 g/mol. The first-order valence-electron chi connectivity index (χ1n) is 2.97. The molecule has 0 radical (unpaired) electrons. The standard InChI is InChI=1S/C7H7BrO2/c8-4-3-6(9)7-2-1-5-10-7/h1-2,5H,3-4H2. The van der Waals surface area contributed by atoms with Gasteiger partial charge in [0.1, 0.15) is 0 Å². The fraction of sp³-hybridized carbons (Fsp3) is 0.286. The van der Waals surface area contributed by atoms with Crippen LogP contribution in [0.5, 0.6) is 0 Å². The summed E-state index contributed by atoms with van der Waals surface area (Å²) in [6.07, 6.45) is 2.00. The molecule has 0 N–H and O–H groups in total. The van der Waals surface area contributed by atoms with Gasteiger partial charge in [-0.25, -0.2) is 0 Å². The SMILES string of the molecule is O=C(CCBr)c1ccco1. The fourth-order valence-corrected chi connectivity index (χ4v) is 1.01. The molecule has 0 saturated carbocycles. The van der Waals surface area contributed by atoms with E-state index in [0.29, 0.717) is 17.5 Å². The smallest absolute Gasteiger partial charge is 0.198 e. The van der Waals surface area contributed by atoms with E-state index in [1.165, 1.54) is 6.26 Å². The fourth-order valence-electron chi connectivity index (χ4n) is 0.646. The number of furan rings is 1. The van der Waals surface area contributed by atoms with Crippen LogP contribution in [0.1, 0.15) is 17.0 Å². The van der Waals surface area contributed by atoms with Crippen molar-refractivity contribution in [3.8, 4) is 0 Å². The highest BCUT2D eigenvalue weighted by molar-refractivity contribution is 9.09. The highest BCUT2D eigenvalue weighted by Crippen LogP contribution is 2.04. The number of ketones is 1. The summed E-state index contributed by atoms with van der Waals surface area (Å²) in [6, 6.07) is 3.38. The summed E-state index contributed by atoms with van der Waals surface area (Å²) in [5.41, 5.74) is 0. The Morgan fingerprint density at radius 3 is 3.00 bits per heavy atom.